The SMILES string of the molecule is Cc1cc(C(C)Nc2ccc(C(F)(F)F)cc2C(=O)O)c2oc(-c3cccc(C#N)c3)c(C)c(=O)c2c1. The molecule has 9 heteroatoms. The zero-order valence-electron chi connectivity index (χ0n) is 20.0. The fraction of sp³-hybridized carbons (Fsp3) is 0.179. The molecule has 0 aliphatic carbocycles. The van der Waals surface area contributed by atoms with Crippen molar-refractivity contribution < 1.29 is 27.5 Å². The van der Waals surface area contributed by atoms with Crippen molar-refractivity contribution in [3.8, 4) is 17.4 Å². The van der Waals surface area contributed by atoms with Gasteiger partial charge in [0.2, 0.25) is 0 Å². The summed E-state index contributed by atoms with van der Waals surface area (Å²) in [6, 6.07) is 13.9. The molecule has 0 bridgehead atoms. The minimum atomic E-state index is -4.69. The number of carboxylic acid groups (broad SMARTS) is 1. The van der Waals surface area contributed by atoms with Gasteiger partial charge in [0.25, 0.3) is 0 Å². The van der Waals surface area contributed by atoms with E-state index in [4.69, 9.17) is 4.42 Å². The van der Waals surface area contributed by atoms with Crippen LogP contribution in [0.4, 0.5) is 18.9 Å². The topological polar surface area (TPSA) is 103 Å². The molecule has 6 nitrogen and oxygen atoms in total. The molecule has 0 aliphatic rings. The molecule has 1 heterocycles. The molecule has 4 aromatic rings. The summed E-state index contributed by atoms with van der Waals surface area (Å²) in [5, 5.41) is 22.1. The lowest BCUT2D eigenvalue weighted by Gasteiger charge is -2.20. The first-order valence-electron chi connectivity index (χ1n) is 11.2. The van der Waals surface area contributed by atoms with Crippen molar-refractivity contribution in [3.63, 3.8) is 0 Å². The molecule has 0 amide bonds. The number of anilines is 1. The van der Waals surface area contributed by atoms with Crippen LogP contribution in [0.5, 0.6) is 0 Å². The molecule has 0 saturated carbocycles. The van der Waals surface area contributed by atoms with Crippen LogP contribution in [0, 0.1) is 25.2 Å². The number of carbonyl (C=O) groups is 1. The molecular formula is C28H21F3N2O4. The lowest BCUT2D eigenvalue weighted by Crippen LogP contribution is -2.15. The Balaban J connectivity index is 1.87. The predicted octanol–water partition coefficient (Wildman–Crippen LogP) is 6.84. The third kappa shape index (κ3) is 4.91. The summed E-state index contributed by atoms with van der Waals surface area (Å²) in [5.74, 6) is -1.23. The summed E-state index contributed by atoms with van der Waals surface area (Å²) in [7, 11) is 0. The third-order valence-corrected chi connectivity index (χ3v) is 6.06. The van der Waals surface area contributed by atoms with Crippen LogP contribution in [0.3, 0.4) is 0 Å². The summed E-state index contributed by atoms with van der Waals surface area (Å²) >= 11 is 0. The van der Waals surface area contributed by atoms with Crippen LogP contribution in [-0.2, 0) is 6.18 Å². The van der Waals surface area contributed by atoms with Gasteiger partial charge in [-0.15, -0.1) is 0 Å². The van der Waals surface area contributed by atoms with Crippen molar-refractivity contribution in [2.75, 3.05) is 5.32 Å². The molecule has 37 heavy (non-hydrogen) atoms. The Morgan fingerprint density at radius 2 is 1.84 bits per heavy atom. The summed E-state index contributed by atoms with van der Waals surface area (Å²) in [4.78, 5) is 25.0. The van der Waals surface area contributed by atoms with E-state index >= 15 is 0 Å². The largest absolute Gasteiger partial charge is 0.478 e. The maximum absolute atomic E-state index is 13.3. The fourth-order valence-electron chi connectivity index (χ4n) is 4.23. The molecule has 0 saturated heterocycles. The maximum Gasteiger partial charge on any atom is 0.416 e. The van der Waals surface area contributed by atoms with Crippen molar-refractivity contribution in [2.45, 2.75) is 33.0 Å². The highest BCUT2D eigenvalue weighted by molar-refractivity contribution is 5.95. The van der Waals surface area contributed by atoms with Crippen molar-refractivity contribution in [1.82, 2.24) is 0 Å². The van der Waals surface area contributed by atoms with E-state index in [9.17, 15) is 33.1 Å². The third-order valence-electron chi connectivity index (χ3n) is 6.06. The first-order chi connectivity index (χ1) is 17.4. The van der Waals surface area contributed by atoms with Gasteiger partial charge < -0.3 is 14.8 Å². The number of hydrogen-bond acceptors (Lipinski definition) is 5. The zero-order chi connectivity index (χ0) is 27.1. The average molecular weight is 506 g/mol. The van der Waals surface area contributed by atoms with Crippen molar-refractivity contribution in [1.29, 1.82) is 5.26 Å². The first-order valence-corrected chi connectivity index (χ1v) is 11.2. The number of nitrogens with one attached hydrogen (secondary N) is 1. The minimum Gasteiger partial charge on any atom is -0.478 e. The van der Waals surface area contributed by atoms with Crippen LogP contribution in [-0.4, -0.2) is 11.1 Å². The van der Waals surface area contributed by atoms with E-state index in [1.807, 2.05) is 0 Å². The Bertz CT molecular complexity index is 1650. The normalized spacial score (nSPS) is 12.2. The van der Waals surface area contributed by atoms with E-state index in [1.54, 1.807) is 57.2 Å². The molecule has 1 atom stereocenters. The molecule has 0 fully saturated rings. The molecule has 1 unspecified atom stereocenters. The monoisotopic (exact) mass is 506 g/mol. The molecular weight excluding hydrogens is 485 g/mol. The number of rotatable bonds is 5. The van der Waals surface area contributed by atoms with Crippen LogP contribution in [0.15, 0.2) is 63.8 Å². The van der Waals surface area contributed by atoms with Gasteiger partial charge in [0.15, 0.2) is 5.43 Å². The summed E-state index contributed by atoms with van der Waals surface area (Å²) in [6.07, 6.45) is -4.69. The number of alkyl halides is 3. The highest BCUT2D eigenvalue weighted by Crippen LogP contribution is 2.35. The number of nitrogens with zero attached hydrogens (tertiary/aromatic N) is 1. The number of hydrogen-bond donors (Lipinski definition) is 2. The van der Waals surface area contributed by atoms with Crippen LogP contribution in [0.1, 0.15) is 51.1 Å². The van der Waals surface area contributed by atoms with E-state index in [1.165, 1.54) is 0 Å². The fourth-order valence-corrected chi connectivity index (χ4v) is 4.23. The first kappa shape index (κ1) is 25.5. The number of aromatic carboxylic acids is 1. The lowest BCUT2D eigenvalue weighted by molar-refractivity contribution is -0.137. The van der Waals surface area contributed by atoms with Crippen molar-refractivity contribution in [3.05, 3.63) is 98.2 Å². The Labute approximate surface area is 209 Å². The number of aryl methyl sites for hydroxylation is 1. The average Bonchev–Trinajstić information content (AvgIpc) is 2.85. The van der Waals surface area contributed by atoms with Gasteiger partial charge in [-0.25, -0.2) is 4.79 Å². The Kier molecular flexibility index (Phi) is 6.53. The standard InChI is InChI=1S/C28H21F3N2O4/c1-14-9-20(16(3)33-23-8-7-19(28(29,30)31)12-21(23)27(35)36)26-22(10-14)24(34)15(2)25(37-26)18-6-4-5-17(11-18)13-32/h4-12,16,33H,1-3H3,(H,35,36). The molecule has 0 aliphatic heterocycles. The van der Waals surface area contributed by atoms with Gasteiger partial charge in [0, 0.05) is 22.4 Å². The Morgan fingerprint density at radius 3 is 2.49 bits per heavy atom. The summed E-state index contributed by atoms with van der Waals surface area (Å²) < 4.78 is 45.6. The number of carboxylic acids is 1. The van der Waals surface area contributed by atoms with Crippen molar-refractivity contribution in [2.24, 2.45) is 0 Å². The molecule has 3 aromatic carbocycles. The Morgan fingerprint density at radius 1 is 1.11 bits per heavy atom. The van der Waals surface area contributed by atoms with E-state index in [0.717, 1.165) is 17.7 Å². The van der Waals surface area contributed by atoms with E-state index in [0.29, 0.717) is 33.7 Å². The number of fused-ring (bicyclic) bond motifs is 1. The van der Waals surface area contributed by atoms with Gasteiger partial charge >= 0.3 is 12.1 Å². The van der Waals surface area contributed by atoms with Gasteiger partial charge in [-0.3, -0.25) is 4.79 Å². The molecule has 0 radical (unpaired) electrons. The highest BCUT2D eigenvalue weighted by Gasteiger charge is 2.32. The van der Waals surface area contributed by atoms with Crippen LogP contribution >= 0.6 is 0 Å². The van der Waals surface area contributed by atoms with Gasteiger partial charge in [-0.2, -0.15) is 18.4 Å². The molecule has 2 N–H and O–H groups in total. The van der Waals surface area contributed by atoms with Gasteiger partial charge in [0.1, 0.15) is 11.3 Å². The summed E-state index contributed by atoms with van der Waals surface area (Å²) in [5.41, 5.74) is 0.906. The van der Waals surface area contributed by atoms with Gasteiger partial charge in [-0.1, -0.05) is 18.2 Å². The Hall–Kier alpha value is -4.58. The second kappa shape index (κ2) is 9.47. The van der Waals surface area contributed by atoms with E-state index < -0.39 is 29.3 Å². The van der Waals surface area contributed by atoms with Crippen LogP contribution in [0.25, 0.3) is 22.3 Å². The second-order valence-corrected chi connectivity index (χ2v) is 8.74. The predicted molar refractivity (Wildman–Crippen MR) is 133 cm³/mol. The summed E-state index contributed by atoms with van der Waals surface area (Å²) in [6.45, 7) is 5.10. The van der Waals surface area contributed by atoms with E-state index in [-0.39, 0.29) is 22.5 Å². The number of halogens is 3. The van der Waals surface area contributed by atoms with Crippen LogP contribution in [0.2, 0.25) is 0 Å². The zero-order valence-corrected chi connectivity index (χ0v) is 20.0. The number of benzene rings is 3. The highest BCUT2D eigenvalue weighted by atomic mass is 19.4. The van der Waals surface area contributed by atoms with Crippen molar-refractivity contribution >= 4 is 22.6 Å². The minimum absolute atomic E-state index is 0.0148. The second-order valence-electron chi connectivity index (χ2n) is 8.74. The van der Waals surface area contributed by atoms with Crippen LogP contribution < -0.4 is 10.7 Å². The lowest BCUT2D eigenvalue weighted by atomic mass is 9.98. The van der Waals surface area contributed by atoms with E-state index in [2.05, 4.69) is 11.4 Å². The van der Waals surface area contributed by atoms with Gasteiger partial charge in [-0.05, 0) is 62.7 Å². The molecule has 4 rings (SSSR count). The van der Waals surface area contributed by atoms with Gasteiger partial charge in [0.05, 0.1) is 34.2 Å². The smallest absolute Gasteiger partial charge is 0.416 e. The molecule has 1 aromatic heterocycles. The molecule has 0 spiro atoms. The quantitative estimate of drug-likeness (QED) is 0.307. The number of nitriles is 1. The maximum atomic E-state index is 13.3. The molecule has 188 valence electrons.